The maximum atomic E-state index is 13.0. The third kappa shape index (κ3) is 30.0. The van der Waals surface area contributed by atoms with E-state index in [-0.39, 0.29) is 12.5 Å². The summed E-state index contributed by atoms with van der Waals surface area (Å²) in [6.07, 6.45) is 39.9. The summed E-state index contributed by atoms with van der Waals surface area (Å²) in [6.45, 7) is 3.77. The van der Waals surface area contributed by atoms with Gasteiger partial charge in [-0.05, 0) is 19.3 Å². The Labute approximate surface area is 356 Å². The lowest BCUT2D eigenvalue weighted by molar-refractivity contribution is -0.302. The van der Waals surface area contributed by atoms with Gasteiger partial charge in [-0.1, -0.05) is 225 Å². The molecule has 1 amide bonds. The Kier molecular flexibility index (Phi) is 37.9. The second-order valence-electron chi connectivity index (χ2n) is 17.6. The van der Waals surface area contributed by atoms with E-state index in [9.17, 15) is 30.3 Å². The van der Waals surface area contributed by atoms with Crippen molar-refractivity contribution in [2.24, 2.45) is 0 Å². The molecule has 0 spiro atoms. The molecule has 0 bridgehead atoms. The minimum absolute atomic E-state index is 0.174. The van der Waals surface area contributed by atoms with Gasteiger partial charge in [0.25, 0.3) is 0 Å². The van der Waals surface area contributed by atoms with Crippen LogP contribution in [-0.2, 0) is 14.3 Å². The van der Waals surface area contributed by atoms with Crippen molar-refractivity contribution >= 4 is 5.91 Å². The van der Waals surface area contributed by atoms with Gasteiger partial charge in [-0.15, -0.1) is 0 Å². The summed E-state index contributed by atoms with van der Waals surface area (Å²) >= 11 is 0. The Balaban J connectivity index is 2.18. The number of unbranched alkanes of at least 4 members (excludes halogenated alkanes) is 32. The molecule has 9 heteroatoms. The number of ether oxygens (including phenoxy) is 2. The van der Waals surface area contributed by atoms with Gasteiger partial charge in [0.2, 0.25) is 5.91 Å². The van der Waals surface area contributed by atoms with E-state index < -0.39 is 49.5 Å². The fourth-order valence-corrected chi connectivity index (χ4v) is 8.10. The van der Waals surface area contributed by atoms with Crippen molar-refractivity contribution < 1.29 is 39.8 Å². The van der Waals surface area contributed by atoms with E-state index in [0.29, 0.717) is 6.42 Å². The number of nitrogens with one attached hydrogen (secondary N) is 1. The largest absolute Gasteiger partial charge is 0.394 e. The van der Waals surface area contributed by atoms with Crippen LogP contribution in [0.4, 0.5) is 0 Å². The fraction of sp³-hybridized carbons (Fsp3) is 0.939. The number of rotatable bonds is 42. The third-order valence-electron chi connectivity index (χ3n) is 12.1. The number of carbonyl (C=O) groups is 1. The second-order valence-corrected chi connectivity index (χ2v) is 17.6. The molecule has 1 fully saturated rings. The van der Waals surface area contributed by atoms with Crippen LogP contribution in [0, 0.1) is 0 Å². The van der Waals surface area contributed by atoms with Gasteiger partial charge in [-0.25, -0.2) is 0 Å². The van der Waals surface area contributed by atoms with Gasteiger partial charge in [0.05, 0.1) is 25.4 Å². The van der Waals surface area contributed by atoms with E-state index in [1.165, 1.54) is 180 Å². The molecule has 7 atom stereocenters. The molecule has 0 aromatic heterocycles. The molecule has 9 nitrogen and oxygen atoms in total. The topological polar surface area (TPSA) is 149 Å². The zero-order valence-corrected chi connectivity index (χ0v) is 37.8. The monoisotopic (exact) mass is 826 g/mol. The summed E-state index contributed by atoms with van der Waals surface area (Å²) in [4.78, 5) is 13.0. The number of aliphatic hydroxyl groups is 5. The summed E-state index contributed by atoms with van der Waals surface area (Å²) in [5, 5.41) is 54.1. The lowest BCUT2D eigenvalue weighted by Gasteiger charge is -2.40. The zero-order valence-electron chi connectivity index (χ0n) is 37.8. The molecule has 2 unspecified atom stereocenters. The molecule has 0 aromatic carbocycles. The molecule has 1 heterocycles. The summed E-state index contributed by atoms with van der Waals surface area (Å²) in [6, 6.07) is -0.797. The van der Waals surface area contributed by atoms with Gasteiger partial charge in [-0.2, -0.15) is 0 Å². The van der Waals surface area contributed by atoms with Crippen molar-refractivity contribution in [2.75, 3.05) is 13.2 Å². The number of aliphatic hydroxyl groups excluding tert-OH is 5. The van der Waals surface area contributed by atoms with Gasteiger partial charge < -0.3 is 40.3 Å². The minimum atomic E-state index is -1.56. The van der Waals surface area contributed by atoms with E-state index in [2.05, 4.69) is 19.2 Å². The number of hydrogen-bond donors (Lipinski definition) is 6. The van der Waals surface area contributed by atoms with E-state index in [1.54, 1.807) is 6.08 Å². The van der Waals surface area contributed by atoms with Crippen LogP contribution in [0.15, 0.2) is 12.2 Å². The van der Waals surface area contributed by atoms with Crippen molar-refractivity contribution in [3.63, 3.8) is 0 Å². The molecule has 58 heavy (non-hydrogen) atoms. The summed E-state index contributed by atoms with van der Waals surface area (Å²) in [5.41, 5.74) is 0. The van der Waals surface area contributed by atoms with Crippen LogP contribution in [-0.4, -0.2) is 87.5 Å². The predicted molar refractivity (Wildman–Crippen MR) is 240 cm³/mol. The van der Waals surface area contributed by atoms with Gasteiger partial charge in [0, 0.05) is 6.42 Å². The summed E-state index contributed by atoms with van der Waals surface area (Å²) in [5.74, 6) is -0.174. The van der Waals surface area contributed by atoms with Crippen LogP contribution in [0.25, 0.3) is 0 Å². The van der Waals surface area contributed by atoms with Gasteiger partial charge in [0.15, 0.2) is 6.29 Å². The normalized spacial score (nSPS) is 20.8. The highest BCUT2D eigenvalue weighted by molar-refractivity contribution is 5.76. The highest BCUT2D eigenvalue weighted by Crippen LogP contribution is 2.23. The SMILES string of the molecule is CCCCCCCCCC/C=C/[C@@H](O)[C@H](CO[C@@H]1O[C@H](CO)[C@@H](O)C(O)C1O)NC(=O)CCCCCCCCCCCCCCCCCCCCCCCCCCC. The maximum absolute atomic E-state index is 13.0. The Morgan fingerprint density at radius 3 is 1.34 bits per heavy atom. The van der Waals surface area contributed by atoms with Crippen LogP contribution in [0.3, 0.4) is 0 Å². The molecule has 1 rings (SSSR count). The molecule has 1 aliphatic heterocycles. The molecular formula is C49H95NO8. The number of amides is 1. The predicted octanol–water partition coefficient (Wildman–Crippen LogP) is 10.9. The Morgan fingerprint density at radius 1 is 0.569 bits per heavy atom. The average Bonchev–Trinajstić information content (AvgIpc) is 3.22. The smallest absolute Gasteiger partial charge is 0.220 e. The van der Waals surface area contributed by atoms with Crippen molar-refractivity contribution in [3.8, 4) is 0 Å². The zero-order chi connectivity index (χ0) is 42.3. The fourth-order valence-electron chi connectivity index (χ4n) is 8.10. The minimum Gasteiger partial charge on any atom is -0.394 e. The van der Waals surface area contributed by atoms with Crippen molar-refractivity contribution in [1.29, 1.82) is 0 Å². The summed E-state index contributed by atoms with van der Waals surface area (Å²) in [7, 11) is 0. The molecule has 0 radical (unpaired) electrons. The van der Waals surface area contributed by atoms with Gasteiger partial charge >= 0.3 is 0 Å². The molecular weight excluding hydrogens is 731 g/mol. The van der Waals surface area contributed by atoms with Crippen LogP contribution in [0.1, 0.15) is 239 Å². The van der Waals surface area contributed by atoms with Crippen molar-refractivity contribution in [3.05, 3.63) is 12.2 Å². The molecule has 0 saturated carbocycles. The van der Waals surface area contributed by atoms with Gasteiger partial charge in [0.1, 0.15) is 24.4 Å². The first kappa shape index (κ1) is 54.9. The van der Waals surface area contributed by atoms with E-state index in [4.69, 9.17) is 9.47 Å². The maximum Gasteiger partial charge on any atom is 0.220 e. The first-order valence-corrected chi connectivity index (χ1v) is 24.9. The van der Waals surface area contributed by atoms with Crippen molar-refractivity contribution in [1.82, 2.24) is 5.32 Å². The van der Waals surface area contributed by atoms with Crippen LogP contribution >= 0.6 is 0 Å². The van der Waals surface area contributed by atoms with Crippen LogP contribution in [0.5, 0.6) is 0 Å². The highest BCUT2D eigenvalue weighted by Gasteiger charge is 2.44. The first-order valence-electron chi connectivity index (χ1n) is 24.9. The molecule has 1 saturated heterocycles. The number of carbonyl (C=O) groups excluding carboxylic acids is 1. The Bertz CT molecular complexity index is 919. The number of hydrogen-bond acceptors (Lipinski definition) is 8. The Morgan fingerprint density at radius 2 is 0.948 bits per heavy atom. The molecule has 6 N–H and O–H groups in total. The lowest BCUT2D eigenvalue weighted by atomic mass is 9.99. The van der Waals surface area contributed by atoms with E-state index in [0.717, 1.165) is 38.5 Å². The van der Waals surface area contributed by atoms with E-state index in [1.807, 2.05) is 6.08 Å². The molecule has 1 aliphatic rings. The molecule has 0 aromatic rings. The third-order valence-corrected chi connectivity index (χ3v) is 12.1. The van der Waals surface area contributed by atoms with Crippen molar-refractivity contribution in [2.45, 2.75) is 281 Å². The van der Waals surface area contributed by atoms with E-state index >= 15 is 0 Å². The molecule has 0 aliphatic carbocycles. The average molecular weight is 826 g/mol. The quantitative estimate of drug-likeness (QED) is 0.0263. The van der Waals surface area contributed by atoms with Gasteiger partial charge in [-0.3, -0.25) is 4.79 Å². The second kappa shape index (κ2) is 40.0. The highest BCUT2D eigenvalue weighted by atomic mass is 16.7. The lowest BCUT2D eigenvalue weighted by Crippen LogP contribution is -2.60. The molecule has 344 valence electrons. The van der Waals surface area contributed by atoms with Crippen LogP contribution in [0.2, 0.25) is 0 Å². The summed E-state index contributed by atoms with van der Waals surface area (Å²) < 4.78 is 11.2. The Hall–Kier alpha value is -1.07. The standard InChI is InChI=1S/C49H95NO8/c1-3-5-7-9-11-13-15-16-17-18-19-20-21-22-23-24-25-26-27-28-29-31-33-35-37-39-45(53)50-42(41-57-49-48(56)47(55)46(54)44(40-51)58-49)43(52)38-36-34-32-30-14-12-10-8-6-4-2/h36,38,42-44,46-49,51-52,54-56H,3-35,37,39-41H2,1-2H3,(H,50,53)/b38-36+/t42-,43+,44+,46+,47?,48?,49+/m0/s1. The first-order chi connectivity index (χ1) is 28.3. The number of allylic oxidation sites excluding steroid dienone is 1. The van der Waals surface area contributed by atoms with Crippen LogP contribution < -0.4 is 5.32 Å².